The van der Waals surface area contributed by atoms with E-state index in [1.165, 1.54) is 12.7 Å². The predicted molar refractivity (Wildman–Crippen MR) is 188 cm³/mol. The van der Waals surface area contributed by atoms with E-state index in [1.54, 1.807) is 4.90 Å². The Balaban J connectivity index is 1.23. The number of carbonyl (C=O) groups is 3. The molecule has 1 aromatic carbocycles. The van der Waals surface area contributed by atoms with Gasteiger partial charge in [0.05, 0.1) is 17.8 Å². The maximum Gasteiger partial charge on any atom is 0.409 e. The number of benzene rings is 1. The number of alkyl halides is 2. The van der Waals surface area contributed by atoms with Crippen LogP contribution in [-0.2, 0) is 24.4 Å². The summed E-state index contributed by atoms with van der Waals surface area (Å²) < 4.78 is 70.0. The van der Waals surface area contributed by atoms with E-state index in [2.05, 4.69) is 20.1 Å². The van der Waals surface area contributed by atoms with E-state index < -0.39 is 43.4 Å². The van der Waals surface area contributed by atoms with Gasteiger partial charge >= 0.3 is 27.4 Å². The first-order valence-corrected chi connectivity index (χ1v) is 22.1. The fourth-order valence-corrected chi connectivity index (χ4v) is 15.0. The molecular formula is C37H53F2NO8S2. The molecule has 4 unspecified atom stereocenters. The summed E-state index contributed by atoms with van der Waals surface area (Å²) >= 11 is 0. The van der Waals surface area contributed by atoms with Gasteiger partial charge in [0.2, 0.25) is 0 Å². The molecule has 1 aliphatic heterocycles. The molecule has 0 aromatic heterocycles. The number of hydrogen-bond acceptors (Lipinski definition) is 7. The fraction of sp³-hybridized carbons (Fsp3) is 0.757. The van der Waals surface area contributed by atoms with Crippen molar-refractivity contribution in [3.05, 3.63) is 35.4 Å². The fourth-order valence-electron chi connectivity index (χ4n) is 10.9. The van der Waals surface area contributed by atoms with Crippen LogP contribution in [-0.4, -0.2) is 90.8 Å². The van der Waals surface area contributed by atoms with E-state index in [4.69, 9.17) is 14.0 Å². The summed E-state index contributed by atoms with van der Waals surface area (Å²) in [4.78, 5) is 42.5. The molecule has 13 heteroatoms. The van der Waals surface area contributed by atoms with Gasteiger partial charge in [-0.3, -0.25) is 14.1 Å². The summed E-state index contributed by atoms with van der Waals surface area (Å²) in [6.45, 7) is 3.66. The molecule has 6 fully saturated rings. The molecule has 1 aromatic rings. The molecule has 9 nitrogen and oxygen atoms in total. The molecule has 1 amide bonds. The lowest BCUT2D eigenvalue weighted by Crippen LogP contribution is -2.59. The van der Waals surface area contributed by atoms with Crippen molar-refractivity contribution in [1.82, 2.24) is 4.90 Å². The molecule has 4 bridgehead atoms. The lowest BCUT2D eigenvalue weighted by Gasteiger charge is -2.62. The molecule has 5 aliphatic carbocycles. The zero-order valence-corrected chi connectivity index (χ0v) is 31.3. The highest BCUT2D eigenvalue weighted by Crippen LogP contribution is 2.67. The number of nitrogens with zero attached hydrogens (tertiary/aromatic N) is 1. The van der Waals surface area contributed by atoms with Gasteiger partial charge in [0, 0.05) is 18.7 Å². The Hall–Kier alpha value is -2.25. The van der Waals surface area contributed by atoms with Crippen LogP contribution in [0.2, 0.25) is 0 Å². The van der Waals surface area contributed by atoms with Gasteiger partial charge in [-0.15, -0.1) is 0 Å². The third kappa shape index (κ3) is 6.96. The van der Waals surface area contributed by atoms with Crippen molar-refractivity contribution in [1.29, 1.82) is 0 Å². The number of amides is 1. The topological polar surface area (TPSA) is 127 Å². The summed E-state index contributed by atoms with van der Waals surface area (Å²) in [5.74, 6) is 2.46. The van der Waals surface area contributed by atoms with Gasteiger partial charge in [-0.05, 0) is 123 Å². The lowest BCUT2D eigenvalue weighted by molar-refractivity contribution is -0.196. The van der Waals surface area contributed by atoms with Gasteiger partial charge in [0.25, 0.3) is 0 Å². The first-order chi connectivity index (χ1) is 23.5. The largest absolute Gasteiger partial charge is 0.458 e. The molecule has 6 aliphatic rings. The minimum absolute atomic E-state index is 0.0490. The SMILES string of the molecule is COC(=O)N1CCS(C)(C(C(=O)c2ccc(C(C)C)cc2)C2CCC(C3C4CC5CC(C4)CC3(C(=O)OCC(F)(F)S(=O)(=O)O)C5)CC2)CC1. The number of rotatable bonds is 10. The van der Waals surface area contributed by atoms with Crippen LogP contribution in [0.4, 0.5) is 13.6 Å². The second-order valence-electron chi connectivity index (χ2n) is 16.4. The molecule has 50 heavy (non-hydrogen) atoms. The van der Waals surface area contributed by atoms with E-state index in [9.17, 15) is 31.6 Å². The molecule has 1 saturated heterocycles. The Morgan fingerprint density at radius 1 is 0.980 bits per heavy atom. The molecule has 0 radical (unpaired) electrons. The number of Topliss-reactive ketones (excluding diaryl/α,β-unsaturated/α-hetero) is 1. The predicted octanol–water partition coefficient (Wildman–Crippen LogP) is 7.15. The van der Waals surface area contributed by atoms with Crippen LogP contribution >= 0.6 is 10.0 Å². The van der Waals surface area contributed by atoms with Crippen LogP contribution in [0.5, 0.6) is 0 Å². The first-order valence-electron chi connectivity index (χ1n) is 18.2. The normalized spacial score (nSPS) is 33.5. The van der Waals surface area contributed by atoms with Gasteiger partial charge in [-0.2, -0.15) is 17.2 Å². The van der Waals surface area contributed by atoms with E-state index >= 15 is 0 Å². The zero-order valence-electron chi connectivity index (χ0n) is 29.7. The van der Waals surface area contributed by atoms with Crippen molar-refractivity contribution in [3.63, 3.8) is 0 Å². The van der Waals surface area contributed by atoms with Crippen LogP contribution < -0.4 is 0 Å². The maximum absolute atomic E-state index is 14.6. The van der Waals surface area contributed by atoms with Crippen LogP contribution in [0.1, 0.15) is 93.5 Å². The smallest absolute Gasteiger partial charge is 0.409 e. The molecule has 0 spiro atoms. The van der Waals surface area contributed by atoms with Crippen molar-refractivity contribution in [3.8, 4) is 0 Å². The van der Waals surface area contributed by atoms with Gasteiger partial charge in [-0.25, -0.2) is 14.8 Å². The van der Waals surface area contributed by atoms with Crippen molar-refractivity contribution < 1.29 is 45.6 Å². The summed E-state index contributed by atoms with van der Waals surface area (Å²) in [7, 11) is -5.80. The van der Waals surface area contributed by atoms with E-state index in [0.29, 0.717) is 43.7 Å². The molecule has 1 heterocycles. The molecule has 1 N–H and O–H groups in total. The molecule has 5 saturated carbocycles. The quantitative estimate of drug-likeness (QED) is 0.152. The van der Waals surface area contributed by atoms with Gasteiger partial charge < -0.3 is 14.4 Å². The van der Waals surface area contributed by atoms with Crippen LogP contribution in [0.15, 0.2) is 24.3 Å². The third-order valence-corrected chi connectivity index (χ3v) is 18.0. The minimum Gasteiger partial charge on any atom is -0.458 e. The number of esters is 1. The van der Waals surface area contributed by atoms with Crippen LogP contribution in [0.25, 0.3) is 0 Å². The summed E-state index contributed by atoms with van der Waals surface area (Å²) in [6, 6.07) is 8.00. The Bertz CT molecular complexity index is 1540. The van der Waals surface area contributed by atoms with E-state index in [0.717, 1.165) is 62.0 Å². The average molecular weight is 742 g/mol. The van der Waals surface area contributed by atoms with Crippen molar-refractivity contribution in [2.45, 2.75) is 88.1 Å². The minimum atomic E-state index is -5.72. The highest BCUT2D eigenvalue weighted by atomic mass is 32.3. The van der Waals surface area contributed by atoms with Gasteiger partial charge in [-0.1, -0.05) is 38.1 Å². The Morgan fingerprint density at radius 3 is 2.08 bits per heavy atom. The number of ether oxygens (including phenoxy) is 2. The maximum atomic E-state index is 14.6. The van der Waals surface area contributed by atoms with Crippen LogP contribution in [0.3, 0.4) is 0 Å². The second kappa shape index (κ2) is 14.0. The summed E-state index contributed by atoms with van der Waals surface area (Å²) in [5.41, 5.74) is 0.954. The summed E-state index contributed by atoms with van der Waals surface area (Å²) in [6.07, 6.45) is 9.34. The second-order valence-corrected chi connectivity index (χ2v) is 22.0. The first kappa shape index (κ1) is 37.5. The van der Waals surface area contributed by atoms with Gasteiger partial charge in [0.1, 0.15) is 0 Å². The highest BCUT2D eigenvalue weighted by molar-refractivity contribution is 8.34. The van der Waals surface area contributed by atoms with E-state index in [-0.39, 0.29) is 40.8 Å². The molecule has 4 atom stereocenters. The summed E-state index contributed by atoms with van der Waals surface area (Å²) in [5, 5.41) is -4.74. The average Bonchev–Trinajstić information content (AvgIpc) is 3.07. The number of methoxy groups -OCH3 is 1. The Morgan fingerprint density at radius 2 is 1.56 bits per heavy atom. The van der Waals surface area contributed by atoms with E-state index in [1.807, 2.05) is 24.3 Å². The van der Waals surface area contributed by atoms with Gasteiger partial charge in [0.15, 0.2) is 12.4 Å². The Kier molecular flexibility index (Phi) is 10.5. The van der Waals surface area contributed by atoms with Crippen molar-refractivity contribution >= 4 is 38.0 Å². The highest BCUT2D eigenvalue weighted by Gasteiger charge is 2.63. The molecule has 280 valence electrons. The molecule has 7 rings (SSSR count). The monoisotopic (exact) mass is 741 g/mol. The number of halogens is 2. The number of carbonyl (C=O) groups excluding carboxylic acids is 3. The Labute approximate surface area is 296 Å². The lowest BCUT2D eigenvalue weighted by atomic mass is 9.42. The molecular weight excluding hydrogens is 689 g/mol. The number of ketones is 1. The zero-order chi connectivity index (χ0) is 36.2. The standard InChI is InChI=1S/C37H53F2NO8S2/c1-23(2)26-5-9-28(10-6-26)32(41)33(49(4)15-13-40(14-16-49)35(43)47-3)29-11-7-27(8-12-29)31-30-18-24-17-25(19-30)21-36(31,20-24)34(42)48-22-37(38,39)50(44,45)46/h5-6,9-10,23-25,27,29-31,33H,7-8,11-22H2,1-4H3,(H,44,45,46). The van der Waals surface area contributed by atoms with Crippen molar-refractivity contribution in [2.24, 2.45) is 40.9 Å². The third-order valence-electron chi connectivity index (χ3n) is 13.1. The van der Waals surface area contributed by atoms with Crippen LogP contribution in [0, 0.1) is 40.9 Å². The van der Waals surface area contributed by atoms with Crippen molar-refractivity contribution in [2.75, 3.05) is 44.6 Å². The number of hydrogen-bond donors (Lipinski definition) is 1.